The number of rotatable bonds is 4. The first kappa shape index (κ1) is 15.4. The first-order valence-corrected chi connectivity index (χ1v) is 8.34. The first-order valence-electron chi connectivity index (χ1n) is 7.46. The summed E-state index contributed by atoms with van der Waals surface area (Å²) in [6, 6.07) is 7.20. The highest BCUT2D eigenvalue weighted by atomic mass is 32.1. The predicted octanol–water partition coefficient (Wildman–Crippen LogP) is 3.50. The Hall–Kier alpha value is -2.47. The number of pyridine rings is 1. The van der Waals surface area contributed by atoms with Gasteiger partial charge in [0.15, 0.2) is 0 Å². The number of nitrogens with one attached hydrogen (secondary N) is 2. The van der Waals surface area contributed by atoms with Gasteiger partial charge in [0, 0.05) is 22.5 Å². The van der Waals surface area contributed by atoms with Crippen molar-refractivity contribution in [3.63, 3.8) is 0 Å². The Balaban J connectivity index is 1.94. The number of aromatic nitrogens is 2. The fraction of sp³-hybridized carbons (Fsp3) is 0.235. The number of aromatic amines is 1. The van der Waals surface area contributed by atoms with Crippen molar-refractivity contribution in [2.24, 2.45) is 0 Å². The number of H-pyrrole nitrogens is 1. The summed E-state index contributed by atoms with van der Waals surface area (Å²) in [6.45, 7) is 3.94. The van der Waals surface area contributed by atoms with Crippen LogP contribution in [-0.2, 0) is 6.42 Å². The summed E-state index contributed by atoms with van der Waals surface area (Å²) >= 11 is 1.44. The van der Waals surface area contributed by atoms with Gasteiger partial charge in [-0.2, -0.15) is 0 Å². The van der Waals surface area contributed by atoms with E-state index < -0.39 is 0 Å². The van der Waals surface area contributed by atoms with Crippen LogP contribution in [0.4, 0.5) is 5.69 Å². The first-order chi connectivity index (χ1) is 11.1. The Bertz CT molecular complexity index is 927. The minimum atomic E-state index is -0.249. The molecular weight excluding hydrogens is 310 g/mol. The van der Waals surface area contributed by atoms with Crippen molar-refractivity contribution in [1.82, 2.24) is 9.97 Å². The van der Waals surface area contributed by atoms with Crippen LogP contribution >= 0.6 is 11.3 Å². The predicted molar refractivity (Wildman–Crippen MR) is 93.4 cm³/mol. The topological polar surface area (TPSA) is 74.8 Å². The second kappa shape index (κ2) is 6.34. The molecule has 0 saturated carbocycles. The number of thiazole rings is 1. The third-order valence-electron chi connectivity index (χ3n) is 3.56. The molecule has 2 N–H and O–H groups in total. The van der Waals surface area contributed by atoms with Gasteiger partial charge in [-0.15, -0.1) is 11.3 Å². The average Bonchev–Trinajstić information content (AvgIpc) is 2.94. The number of benzene rings is 1. The van der Waals surface area contributed by atoms with E-state index in [4.69, 9.17) is 0 Å². The van der Waals surface area contributed by atoms with Crippen molar-refractivity contribution in [2.75, 3.05) is 5.32 Å². The summed E-state index contributed by atoms with van der Waals surface area (Å²) in [6.07, 6.45) is 1.82. The van der Waals surface area contributed by atoms with Crippen molar-refractivity contribution in [3.05, 3.63) is 56.3 Å². The van der Waals surface area contributed by atoms with Crippen molar-refractivity contribution in [3.8, 4) is 0 Å². The molecule has 23 heavy (non-hydrogen) atoms. The quantitative estimate of drug-likeness (QED) is 0.770. The zero-order valence-electron chi connectivity index (χ0n) is 13.0. The lowest BCUT2D eigenvalue weighted by Crippen LogP contribution is -2.13. The van der Waals surface area contributed by atoms with Crippen LogP contribution in [0, 0.1) is 6.92 Å². The van der Waals surface area contributed by atoms with Crippen LogP contribution in [-0.4, -0.2) is 15.9 Å². The van der Waals surface area contributed by atoms with Gasteiger partial charge in [0.1, 0.15) is 5.69 Å². The Kier molecular flexibility index (Phi) is 4.25. The number of carbonyl (C=O) groups excluding carboxylic acids is 1. The number of hydrogen-bond acceptors (Lipinski definition) is 4. The molecule has 0 spiro atoms. The molecule has 0 unspecified atom stereocenters. The maximum absolute atomic E-state index is 12.2. The number of fused-ring (bicyclic) bond motifs is 1. The van der Waals surface area contributed by atoms with Crippen LogP contribution in [0.25, 0.3) is 10.9 Å². The number of hydrogen-bond donors (Lipinski definition) is 2. The van der Waals surface area contributed by atoms with Gasteiger partial charge >= 0.3 is 0 Å². The van der Waals surface area contributed by atoms with E-state index in [1.54, 1.807) is 17.5 Å². The minimum absolute atomic E-state index is 0.125. The van der Waals surface area contributed by atoms with E-state index in [9.17, 15) is 9.59 Å². The molecular formula is C17H17N3O2S. The van der Waals surface area contributed by atoms with Gasteiger partial charge in [0.2, 0.25) is 5.56 Å². The van der Waals surface area contributed by atoms with Gasteiger partial charge in [-0.3, -0.25) is 9.59 Å². The van der Waals surface area contributed by atoms with Gasteiger partial charge in [0.05, 0.1) is 10.5 Å². The summed E-state index contributed by atoms with van der Waals surface area (Å²) < 4.78 is 0. The highest BCUT2D eigenvalue weighted by Crippen LogP contribution is 2.21. The zero-order valence-corrected chi connectivity index (χ0v) is 13.8. The molecule has 2 heterocycles. The summed E-state index contributed by atoms with van der Waals surface area (Å²) in [7, 11) is 0. The third kappa shape index (κ3) is 3.32. The fourth-order valence-corrected chi connectivity index (χ4v) is 3.14. The van der Waals surface area contributed by atoms with Crippen LogP contribution in [0.3, 0.4) is 0 Å². The normalized spacial score (nSPS) is 10.9. The Morgan fingerprint density at radius 2 is 2.17 bits per heavy atom. The van der Waals surface area contributed by atoms with E-state index in [-0.39, 0.29) is 11.5 Å². The number of amides is 1. The molecule has 3 aromatic rings. The molecule has 0 fully saturated rings. The number of anilines is 1. The molecule has 1 aromatic carbocycles. The molecule has 1 amide bonds. The molecule has 6 heteroatoms. The van der Waals surface area contributed by atoms with Gasteiger partial charge in [-0.1, -0.05) is 19.4 Å². The van der Waals surface area contributed by atoms with Crippen LogP contribution in [0.15, 0.2) is 34.4 Å². The second-order valence-corrected chi connectivity index (χ2v) is 6.44. The largest absolute Gasteiger partial charge is 0.322 e. The highest BCUT2D eigenvalue weighted by molar-refractivity contribution is 7.09. The van der Waals surface area contributed by atoms with Gasteiger partial charge in [-0.05, 0) is 31.0 Å². The number of nitrogens with zero attached hydrogens (tertiary/aromatic N) is 1. The average molecular weight is 327 g/mol. The van der Waals surface area contributed by atoms with Gasteiger partial charge in [0.25, 0.3) is 5.91 Å². The molecule has 0 aliphatic carbocycles. The maximum Gasteiger partial charge on any atom is 0.275 e. The standard InChI is InChI=1S/C17H17N3O2S/c1-3-4-11-7-16(21)20-14-8-12(5-6-13(11)14)19-17(22)15-9-23-10(2)18-15/h5-9H,3-4H2,1-2H3,(H,19,22)(H,20,21). The van der Waals surface area contributed by atoms with E-state index in [1.165, 1.54) is 11.3 Å². The smallest absolute Gasteiger partial charge is 0.275 e. The summed E-state index contributed by atoms with van der Waals surface area (Å²) in [5.41, 5.74) is 2.67. The molecule has 3 rings (SSSR count). The second-order valence-electron chi connectivity index (χ2n) is 5.38. The van der Waals surface area contributed by atoms with Crippen LogP contribution in [0.2, 0.25) is 0 Å². The van der Waals surface area contributed by atoms with E-state index in [2.05, 4.69) is 22.2 Å². The molecule has 2 aromatic heterocycles. The Labute approximate surface area is 137 Å². The van der Waals surface area contributed by atoms with Crippen molar-refractivity contribution in [1.29, 1.82) is 0 Å². The lowest BCUT2D eigenvalue weighted by molar-refractivity contribution is 0.102. The maximum atomic E-state index is 12.2. The lowest BCUT2D eigenvalue weighted by atomic mass is 10.0. The molecule has 0 radical (unpaired) electrons. The number of aryl methyl sites for hydroxylation is 2. The molecule has 0 aliphatic rings. The highest BCUT2D eigenvalue weighted by Gasteiger charge is 2.10. The van der Waals surface area contributed by atoms with Crippen LogP contribution < -0.4 is 10.9 Å². The minimum Gasteiger partial charge on any atom is -0.322 e. The van der Waals surface area contributed by atoms with Gasteiger partial charge in [-0.25, -0.2) is 4.98 Å². The molecule has 0 aliphatic heterocycles. The van der Waals surface area contributed by atoms with Crippen molar-refractivity contribution < 1.29 is 4.79 Å². The Morgan fingerprint density at radius 1 is 1.35 bits per heavy atom. The molecule has 0 saturated heterocycles. The third-order valence-corrected chi connectivity index (χ3v) is 4.33. The summed E-state index contributed by atoms with van der Waals surface area (Å²) in [5, 5.41) is 6.40. The SMILES string of the molecule is CCCc1cc(=O)[nH]c2cc(NC(=O)c3csc(C)n3)ccc12. The Morgan fingerprint density at radius 3 is 2.87 bits per heavy atom. The molecule has 0 atom stereocenters. The van der Waals surface area contributed by atoms with E-state index >= 15 is 0 Å². The van der Waals surface area contributed by atoms with E-state index in [0.717, 1.165) is 34.3 Å². The van der Waals surface area contributed by atoms with E-state index in [0.29, 0.717) is 11.4 Å². The fourth-order valence-electron chi connectivity index (χ4n) is 2.55. The number of carbonyl (C=O) groups is 1. The van der Waals surface area contributed by atoms with Crippen molar-refractivity contribution in [2.45, 2.75) is 26.7 Å². The van der Waals surface area contributed by atoms with E-state index in [1.807, 2.05) is 19.1 Å². The monoisotopic (exact) mass is 327 g/mol. The van der Waals surface area contributed by atoms with Crippen LogP contribution in [0.1, 0.15) is 34.4 Å². The van der Waals surface area contributed by atoms with Crippen LogP contribution in [0.5, 0.6) is 0 Å². The van der Waals surface area contributed by atoms with Gasteiger partial charge < -0.3 is 10.3 Å². The molecule has 118 valence electrons. The summed E-state index contributed by atoms with van der Waals surface area (Å²) in [4.78, 5) is 30.9. The molecule has 0 bridgehead atoms. The zero-order chi connectivity index (χ0) is 16.4. The van der Waals surface area contributed by atoms with Crippen molar-refractivity contribution >= 4 is 33.8 Å². The molecule has 5 nitrogen and oxygen atoms in total. The summed E-state index contributed by atoms with van der Waals surface area (Å²) in [5.74, 6) is -0.249. The lowest BCUT2D eigenvalue weighted by Gasteiger charge is -2.08.